The lowest BCUT2D eigenvalue weighted by Gasteiger charge is -2.14. The quantitative estimate of drug-likeness (QED) is 0.676. The molecule has 0 radical (unpaired) electrons. The van der Waals surface area contributed by atoms with E-state index in [2.05, 4.69) is 43.8 Å². The second-order valence-corrected chi connectivity index (χ2v) is 5.77. The lowest BCUT2D eigenvalue weighted by atomic mass is 10.1. The third kappa shape index (κ3) is 3.43. The minimum absolute atomic E-state index is 0.446. The van der Waals surface area contributed by atoms with Crippen molar-refractivity contribution in [2.75, 3.05) is 16.4 Å². The molecule has 3 aromatic rings. The van der Waals surface area contributed by atoms with E-state index in [9.17, 15) is 0 Å². The second-order valence-electron chi connectivity index (χ2n) is 5.77. The van der Waals surface area contributed by atoms with Crippen LogP contribution in [-0.2, 0) is 0 Å². The number of aryl methyl sites for hydroxylation is 3. The number of aromatic nitrogens is 3. The summed E-state index contributed by atoms with van der Waals surface area (Å²) >= 11 is 0. The molecule has 0 aliphatic rings. The van der Waals surface area contributed by atoms with Gasteiger partial charge in [0, 0.05) is 11.9 Å². The van der Waals surface area contributed by atoms with Crippen LogP contribution in [0.2, 0.25) is 0 Å². The average molecular weight is 320 g/mol. The SMILES string of the molecule is Cc1ccnc(Nc2ncnc(Nc3cc(C)ccc3C)c2N)c1. The summed E-state index contributed by atoms with van der Waals surface area (Å²) in [6.07, 6.45) is 3.21. The molecule has 1 aromatic carbocycles. The number of nitrogens with two attached hydrogens (primary N) is 1. The van der Waals surface area contributed by atoms with Crippen LogP contribution in [0.3, 0.4) is 0 Å². The third-order valence-corrected chi connectivity index (χ3v) is 3.69. The molecule has 0 saturated heterocycles. The lowest BCUT2D eigenvalue weighted by Crippen LogP contribution is -2.06. The van der Waals surface area contributed by atoms with E-state index in [0.29, 0.717) is 23.1 Å². The van der Waals surface area contributed by atoms with Gasteiger partial charge in [0.05, 0.1) is 0 Å². The van der Waals surface area contributed by atoms with Crippen molar-refractivity contribution in [3.05, 3.63) is 59.5 Å². The van der Waals surface area contributed by atoms with Gasteiger partial charge in [-0.15, -0.1) is 0 Å². The van der Waals surface area contributed by atoms with Crippen LogP contribution in [0.4, 0.5) is 28.8 Å². The summed E-state index contributed by atoms with van der Waals surface area (Å²) in [6.45, 7) is 6.09. The average Bonchev–Trinajstić information content (AvgIpc) is 2.55. The fraction of sp³-hybridized carbons (Fsp3) is 0.167. The number of nitrogen functional groups attached to an aromatic ring is 1. The predicted octanol–water partition coefficient (Wildman–Crippen LogP) is 3.87. The molecule has 0 spiro atoms. The fourth-order valence-electron chi connectivity index (χ4n) is 2.32. The van der Waals surface area contributed by atoms with E-state index in [-0.39, 0.29) is 0 Å². The maximum Gasteiger partial charge on any atom is 0.160 e. The van der Waals surface area contributed by atoms with Crippen LogP contribution in [0.5, 0.6) is 0 Å². The highest BCUT2D eigenvalue weighted by molar-refractivity contribution is 5.80. The Morgan fingerprint density at radius 2 is 1.54 bits per heavy atom. The van der Waals surface area contributed by atoms with Gasteiger partial charge < -0.3 is 16.4 Å². The number of benzene rings is 1. The van der Waals surface area contributed by atoms with Crippen molar-refractivity contribution in [1.29, 1.82) is 0 Å². The number of rotatable bonds is 4. The molecule has 0 aliphatic heterocycles. The summed E-state index contributed by atoms with van der Waals surface area (Å²) in [6, 6.07) is 10.1. The molecule has 0 bridgehead atoms. The van der Waals surface area contributed by atoms with Crippen molar-refractivity contribution in [3.8, 4) is 0 Å². The van der Waals surface area contributed by atoms with E-state index in [1.807, 2.05) is 32.9 Å². The number of nitrogens with zero attached hydrogens (tertiary/aromatic N) is 3. The molecule has 2 heterocycles. The highest BCUT2D eigenvalue weighted by Gasteiger charge is 2.10. The Morgan fingerprint density at radius 3 is 2.29 bits per heavy atom. The molecule has 0 aliphatic carbocycles. The first-order valence-corrected chi connectivity index (χ1v) is 7.67. The van der Waals surface area contributed by atoms with Crippen LogP contribution in [0.15, 0.2) is 42.9 Å². The summed E-state index contributed by atoms with van der Waals surface area (Å²) in [5, 5.41) is 6.42. The summed E-state index contributed by atoms with van der Waals surface area (Å²) in [5.74, 6) is 1.78. The Morgan fingerprint density at radius 1 is 0.833 bits per heavy atom. The minimum atomic E-state index is 0.446. The molecule has 2 aromatic heterocycles. The van der Waals surface area contributed by atoms with Crippen LogP contribution in [0.1, 0.15) is 16.7 Å². The van der Waals surface area contributed by atoms with Crippen LogP contribution in [0.25, 0.3) is 0 Å². The second kappa shape index (κ2) is 6.54. The van der Waals surface area contributed by atoms with Gasteiger partial charge in [0.15, 0.2) is 11.6 Å². The first-order valence-electron chi connectivity index (χ1n) is 7.67. The number of nitrogens with one attached hydrogen (secondary N) is 2. The van der Waals surface area contributed by atoms with E-state index in [4.69, 9.17) is 5.73 Å². The maximum absolute atomic E-state index is 6.23. The first kappa shape index (κ1) is 15.7. The lowest BCUT2D eigenvalue weighted by molar-refractivity contribution is 1.16. The first-order chi connectivity index (χ1) is 11.5. The fourth-order valence-corrected chi connectivity index (χ4v) is 2.32. The van der Waals surface area contributed by atoms with Crippen molar-refractivity contribution in [2.24, 2.45) is 0 Å². The predicted molar refractivity (Wildman–Crippen MR) is 97.9 cm³/mol. The monoisotopic (exact) mass is 320 g/mol. The zero-order valence-corrected chi connectivity index (χ0v) is 14.0. The van der Waals surface area contributed by atoms with Crippen molar-refractivity contribution >= 4 is 28.8 Å². The molecular weight excluding hydrogens is 300 g/mol. The largest absolute Gasteiger partial charge is 0.393 e. The molecule has 122 valence electrons. The highest BCUT2D eigenvalue weighted by Crippen LogP contribution is 2.29. The van der Waals surface area contributed by atoms with Gasteiger partial charge in [-0.05, 0) is 55.7 Å². The third-order valence-electron chi connectivity index (χ3n) is 3.69. The van der Waals surface area contributed by atoms with Gasteiger partial charge in [-0.1, -0.05) is 12.1 Å². The molecular formula is C18H20N6. The standard InChI is InChI=1S/C18H20N6/c1-11-4-5-13(3)14(8-11)23-17-16(19)18(22-10-21-17)24-15-9-12(2)6-7-20-15/h4-10H,19H2,1-3H3,(H2,20,21,22,23,24). The van der Waals surface area contributed by atoms with Gasteiger partial charge in [0.25, 0.3) is 0 Å². The zero-order valence-electron chi connectivity index (χ0n) is 14.0. The van der Waals surface area contributed by atoms with Gasteiger partial charge in [0.2, 0.25) is 0 Å². The molecule has 0 amide bonds. The Kier molecular flexibility index (Phi) is 4.29. The normalized spacial score (nSPS) is 10.5. The summed E-state index contributed by atoms with van der Waals surface area (Å²) in [7, 11) is 0. The van der Waals surface area contributed by atoms with Crippen molar-refractivity contribution < 1.29 is 0 Å². The van der Waals surface area contributed by atoms with E-state index in [1.54, 1.807) is 6.20 Å². The van der Waals surface area contributed by atoms with Crippen molar-refractivity contribution in [3.63, 3.8) is 0 Å². The Labute approximate surface area is 141 Å². The summed E-state index contributed by atoms with van der Waals surface area (Å²) < 4.78 is 0. The number of hydrogen-bond acceptors (Lipinski definition) is 6. The zero-order chi connectivity index (χ0) is 17.1. The molecule has 3 rings (SSSR count). The molecule has 0 unspecified atom stereocenters. The molecule has 6 nitrogen and oxygen atoms in total. The minimum Gasteiger partial charge on any atom is -0.393 e. The molecule has 4 N–H and O–H groups in total. The molecule has 6 heteroatoms. The molecule has 0 saturated carbocycles. The van der Waals surface area contributed by atoms with Crippen LogP contribution < -0.4 is 16.4 Å². The smallest absolute Gasteiger partial charge is 0.160 e. The Balaban J connectivity index is 1.89. The van der Waals surface area contributed by atoms with Crippen LogP contribution in [-0.4, -0.2) is 15.0 Å². The summed E-state index contributed by atoms with van der Waals surface area (Å²) in [5.41, 5.74) is 11.0. The van der Waals surface area contributed by atoms with Crippen LogP contribution in [0, 0.1) is 20.8 Å². The van der Waals surface area contributed by atoms with Crippen molar-refractivity contribution in [2.45, 2.75) is 20.8 Å². The van der Waals surface area contributed by atoms with E-state index in [1.165, 1.54) is 6.33 Å². The van der Waals surface area contributed by atoms with Gasteiger partial charge in [-0.25, -0.2) is 15.0 Å². The number of anilines is 5. The van der Waals surface area contributed by atoms with Crippen molar-refractivity contribution in [1.82, 2.24) is 15.0 Å². The van der Waals surface area contributed by atoms with Gasteiger partial charge in [-0.2, -0.15) is 0 Å². The van der Waals surface area contributed by atoms with Gasteiger partial charge in [-0.3, -0.25) is 0 Å². The van der Waals surface area contributed by atoms with Gasteiger partial charge in [0.1, 0.15) is 17.8 Å². The maximum atomic E-state index is 6.23. The molecule has 24 heavy (non-hydrogen) atoms. The molecule has 0 fully saturated rings. The Hall–Kier alpha value is -3.15. The number of hydrogen-bond donors (Lipinski definition) is 3. The van der Waals surface area contributed by atoms with E-state index in [0.717, 1.165) is 22.4 Å². The topological polar surface area (TPSA) is 88.8 Å². The van der Waals surface area contributed by atoms with E-state index < -0.39 is 0 Å². The number of pyridine rings is 1. The van der Waals surface area contributed by atoms with E-state index >= 15 is 0 Å². The molecule has 0 atom stereocenters. The summed E-state index contributed by atoms with van der Waals surface area (Å²) in [4.78, 5) is 12.7. The highest BCUT2D eigenvalue weighted by atomic mass is 15.1. The van der Waals surface area contributed by atoms with Crippen LogP contribution >= 0.6 is 0 Å². The Bertz CT molecular complexity index is 875. The van der Waals surface area contributed by atoms with Gasteiger partial charge >= 0.3 is 0 Å².